The average Bonchev–Trinajstić information content (AvgIpc) is 3.46. The third kappa shape index (κ3) is 6.45. The average molecular weight is 583 g/mol. The first kappa shape index (κ1) is 30.7. The Kier molecular flexibility index (Phi) is 8.32. The minimum atomic E-state index is -2.06. The van der Waals surface area contributed by atoms with Gasteiger partial charge in [-0.05, 0) is 73.3 Å². The summed E-state index contributed by atoms with van der Waals surface area (Å²) in [6.07, 6.45) is 2.53. The first-order valence-electron chi connectivity index (χ1n) is 14.3. The molecule has 3 aromatic rings. The highest BCUT2D eigenvalue weighted by Gasteiger charge is 2.53. The van der Waals surface area contributed by atoms with E-state index in [4.69, 9.17) is 21.1 Å². The summed E-state index contributed by atoms with van der Waals surface area (Å²) in [6, 6.07) is 14.9. The van der Waals surface area contributed by atoms with E-state index in [-0.39, 0.29) is 22.1 Å². The molecule has 0 bridgehead atoms. The molecule has 0 amide bonds. The Morgan fingerprint density at radius 3 is 2.33 bits per heavy atom. The highest BCUT2D eigenvalue weighted by atomic mass is 35.5. The number of aromatic nitrogens is 2. The summed E-state index contributed by atoms with van der Waals surface area (Å²) in [6.45, 7) is 19.3. The molecule has 1 aromatic heterocycles. The van der Waals surface area contributed by atoms with Crippen molar-refractivity contribution in [3.8, 4) is 5.69 Å². The van der Waals surface area contributed by atoms with Crippen LogP contribution in [0.2, 0.25) is 23.2 Å². The quantitative estimate of drug-likeness (QED) is 0.236. The monoisotopic (exact) mass is 582 g/mol. The van der Waals surface area contributed by atoms with Gasteiger partial charge in [0.1, 0.15) is 11.6 Å². The Hall–Kier alpha value is -2.28. The van der Waals surface area contributed by atoms with Crippen LogP contribution in [0.3, 0.4) is 0 Å². The van der Waals surface area contributed by atoms with E-state index in [0.717, 1.165) is 29.9 Å². The number of Topliss-reactive ketones (excluding diaryl/α,β-unsaturated/α-hetero) is 1. The fraction of sp³-hybridized carbons (Fsp3) is 0.515. The Bertz CT molecular complexity index is 1400. The second-order valence-electron chi connectivity index (χ2n) is 13.9. The van der Waals surface area contributed by atoms with Gasteiger partial charge in [0, 0.05) is 34.0 Å². The van der Waals surface area contributed by atoms with Crippen molar-refractivity contribution < 1.29 is 13.6 Å². The maximum Gasteiger partial charge on any atom is 0.193 e. The van der Waals surface area contributed by atoms with Crippen LogP contribution < -0.4 is 0 Å². The number of aryl methyl sites for hydroxylation is 1. The van der Waals surface area contributed by atoms with Gasteiger partial charge in [-0.25, -0.2) is 9.07 Å². The number of carbonyl (C=O) groups excluding carboxylic acids is 1. The summed E-state index contributed by atoms with van der Waals surface area (Å²) in [5.74, 6) is -0.617. The molecule has 0 N–H and O–H groups in total. The summed E-state index contributed by atoms with van der Waals surface area (Å²) in [7, 11) is -2.06. The molecule has 1 aliphatic rings. The smallest absolute Gasteiger partial charge is 0.193 e. The van der Waals surface area contributed by atoms with Gasteiger partial charge >= 0.3 is 0 Å². The van der Waals surface area contributed by atoms with Crippen LogP contribution in [0.15, 0.2) is 48.5 Å². The molecule has 0 radical (unpaired) electrons. The van der Waals surface area contributed by atoms with E-state index in [1.54, 1.807) is 6.07 Å². The molecule has 1 unspecified atom stereocenters. The molecule has 1 heterocycles. The third-order valence-corrected chi connectivity index (χ3v) is 13.4. The van der Waals surface area contributed by atoms with Gasteiger partial charge < -0.3 is 4.43 Å². The van der Waals surface area contributed by atoms with Crippen molar-refractivity contribution in [2.75, 3.05) is 0 Å². The Balaban J connectivity index is 1.50. The maximum atomic E-state index is 15.5. The molecule has 1 atom stereocenters. The van der Waals surface area contributed by atoms with Crippen molar-refractivity contribution in [3.05, 3.63) is 81.9 Å². The molecule has 7 heteroatoms. The van der Waals surface area contributed by atoms with Gasteiger partial charge in [0.2, 0.25) is 0 Å². The number of hydrogen-bond acceptors (Lipinski definition) is 3. The van der Waals surface area contributed by atoms with Gasteiger partial charge in [0.25, 0.3) is 0 Å². The van der Waals surface area contributed by atoms with Crippen LogP contribution in [0.4, 0.5) is 4.39 Å². The van der Waals surface area contributed by atoms with E-state index in [1.807, 2.05) is 48.0 Å². The van der Waals surface area contributed by atoms with Crippen LogP contribution in [-0.2, 0) is 26.7 Å². The standard InChI is InChI=1S/C33H44ClFN2O2Si/c1-22(23-13-15-27(28(35)19-23)33(17-18-33)39-40(8,9)32(5,6)7)29(38)16-14-26-21-30(31(2,3)4)36-37(26)25-12-10-11-24(34)20-25/h10-13,15,19-22H,14,16-18H2,1-9H3. The zero-order chi connectivity index (χ0) is 29.7. The summed E-state index contributed by atoms with van der Waals surface area (Å²) in [4.78, 5) is 13.3. The lowest BCUT2D eigenvalue weighted by Crippen LogP contribution is -2.44. The lowest BCUT2D eigenvalue weighted by molar-refractivity contribution is -0.120. The maximum absolute atomic E-state index is 15.5. The molecule has 1 aliphatic carbocycles. The highest BCUT2D eigenvalue weighted by Crippen LogP contribution is 2.54. The first-order chi connectivity index (χ1) is 18.4. The predicted octanol–water partition coefficient (Wildman–Crippen LogP) is 9.28. The van der Waals surface area contributed by atoms with E-state index < -0.39 is 19.8 Å². The molecular weight excluding hydrogens is 539 g/mol. The molecule has 1 fully saturated rings. The van der Waals surface area contributed by atoms with E-state index in [9.17, 15) is 4.79 Å². The van der Waals surface area contributed by atoms with E-state index in [1.165, 1.54) is 0 Å². The van der Waals surface area contributed by atoms with Crippen molar-refractivity contribution in [2.24, 2.45) is 0 Å². The molecule has 0 saturated heterocycles. The zero-order valence-electron chi connectivity index (χ0n) is 25.5. The molecule has 1 saturated carbocycles. The normalized spacial score (nSPS) is 16.2. The summed E-state index contributed by atoms with van der Waals surface area (Å²) in [5.41, 5.74) is 3.44. The third-order valence-electron chi connectivity index (χ3n) is 8.66. The second kappa shape index (κ2) is 10.8. The Morgan fingerprint density at radius 1 is 1.10 bits per heavy atom. The van der Waals surface area contributed by atoms with Crippen LogP contribution >= 0.6 is 11.6 Å². The summed E-state index contributed by atoms with van der Waals surface area (Å²) < 4.78 is 24.1. The number of benzene rings is 2. The van der Waals surface area contributed by atoms with Gasteiger partial charge in [0.05, 0.1) is 17.0 Å². The van der Waals surface area contributed by atoms with Gasteiger partial charge in [-0.2, -0.15) is 5.10 Å². The SMILES string of the molecule is CC(C(=O)CCc1cc(C(C)(C)C)nn1-c1cccc(Cl)c1)c1ccc(C2(O[Si](C)(C)C(C)(C)C)CC2)c(F)c1. The van der Waals surface area contributed by atoms with Gasteiger partial charge in [-0.3, -0.25) is 4.79 Å². The summed E-state index contributed by atoms with van der Waals surface area (Å²) in [5, 5.41) is 5.54. The summed E-state index contributed by atoms with van der Waals surface area (Å²) >= 11 is 6.26. The van der Waals surface area contributed by atoms with Gasteiger partial charge in [0.15, 0.2) is 8.32 Å². The molecule has 0 spiro atoms. The molecule has 40 heavy (non-hydrogen) atoms. The van der Waals surface area contributed by atoms with Crippen LogP contribution in [0.1, 0.15) is 96.2 Å². The van der Waals surface area contributed by atoms with Crippen molar-refractivity contribution in [1.29, 1.82) is 0 Å². The van der Waals surface area contributed by atoms with Crippen molar-refractivity contribution in [3.63, 3.8) is 0 Å². The molecule has 4 nitrogen and oxygen atoms in total. The van der Waals surface area contributed by atoms with Crippen LogP contribution in [-0.4, -0.2) is 23.9 Å². The number of carbonyl (C=O) groups is 1. The van der Waals surface area contributed by atoms with E-state index >= 15 is 4.39 Å². The fourth-order valence-electron chi connectivity index (χ4n) is 4.80. The number of hydrogen-bond donors (Lipinski definition) is 0. The van der Waals surface area contributed by atoms with Crippen LogP contribution in [0.5, 0.6) is 0 Å². The Labute approximate surface area is 245 Å². The zero-order valence-corrected chi connectivity index (χ0v) is 27.2. The van der Waals surface area contributed by atoms with E-state index in [0.29, 0.717) is 29.0 Å². The molecule has 4 rings (SSSR count). The topological polar surface area (TPSA) is 44.1 Å². The molecule has 216 valence electrons. The fourth-order valence-corrected chi connectivity index (χ4v) is 6.58. The number of ketones is 1. The number of nitrogens with zero attached hydrogens (tertiary/aromatic N) is 2. The van der Waals surface area contributed by atoms with Gasteiger partial charge in [-0.15, -0.1) is 0 Å². The first-order valence-corrected chi connectivity index (χ1v) is 17.6. The van der Waals surface area contributed by atoms with Crippen molar-refractivity contribution in [1.82, 2.24) is 9.78 Å². The van der Waals surface area contributed by atoms with Crippen molar-refractivity contribution >= 4 is 25.7 Å². The largest absolute Gasteiger partial charge is 0.407 e. The van der Waals surface area contributed by atoms with Crippen LogP contribution in [0, 0.1) is 5.82 Å². The van der Waals surface area contributed by atoms with Gasteiger partial charge in [-0.1, -0.05) is 78.3 Å². The number of rotatable bonds is 9. The number of halogens is 2. The highest BCUT2D eigenvalue weighted by molar-refractivity contribution is 6.74. The Morgan fingerprint density at radius 2 is 1.77 bits per heavy atom. The molecular formula is C33H44ClFN2O2Si. The lowest BCUT2D eigenvalue weighted by Gasteiger charge is -2.40. The second-order valence-corrected chi connectivity index (χ2v) is 19.1. The molecule has 2 aromatic carbocycles. The lowest BCUT2D eigenvalue weighted by atomic mass is 9.90. The predicted molar refractivity (Wildman–Crippen MR) is 165 cm³/mol. The van der Waals surface area contributed by atoms with E-state index in [2.05, 4.69) is 60.7 Å². The van der Waals surface area contributed by atoms with Crippen LogP contribution in [0.25, 0.3) is 5.69 Å². The minimum absolute atomic E-state index is 0.0513. The minimum Gasteiger partial charge on any atom is -0.407 e. The molecule has 0 aliphatic heterocycles. The van der Waals surface area contributed by atoms with Crippen molar-refractivity contribution in [2.45, 2.75) is 109 Å².